The first-order valence-corrected chi connectivity index (χ1v) is 8.25. The Bertz CT molecular complexity index is 739. The fourth-order valence-corrected chi connectivity index (χ4v) is 2.98. The predicted octanol–water partition coefficient (Wildman–Crippen LogP) is 1.51. The van der Waals surface area contributed by atoms with Gasteiger partial charge >= 0.3 is 0 Å². The highest BCUT2D eigenvalue weighted by Gasteiger charge is 2.33. The van der Waals surface area contributed by atoms with Gasteiger partial charge in [0.05, 0.1) is 5.69 Å². The van der Waals surface area contributed by atoms with Gasteiger partial charge in [0.15, 0.2) is 0 Å². The molecule has 1 aliphatic heterocycles. The maximum atomic E-state index is 12.5. The van der Waals surface area contributed by atoms with Crippen LogP contribution in [0.5, 0.6) is 0 Å². The SMILES string of the molecule is CCc1cc(C(=O)NC2CCN(Cc3ccccc3)C2=O)n(C)n1. The van der Waals surface area contributed by atoms with Gasteiger partial charge in [-0.3, -0.25) is 14.3 Å². The number of hydrogen-bond donors (Lipinski definition) is 1. The molecule has 1 aromatic heterocycles. The van der Waals surface area contributed by atoms with E-state index in [0.29, 0.717) is 25.2 Å². The second-order valence-electron chi connectivity index (χ2n) is 6.06. The fraction of sp³-hybridized carbons (Fsp3) is 0.389. The molecule has 0 bridgehead atoms. The summed E-state index contributed by atoms with van der Waals surface area (Å²) in [6, 6.07) is 11.2. The Balaban J connectivity index is 1.63. The van der Waals surface area contributed by atoms with Crippen molar-refractivity contribution in [3.63, 3.8) is 0 Å². The van der Waals surface area contributed by atoms with Crippen molar-refractivity contribution in [2.45, 2.75) is 32.4 Å². The van der Waals surface area contributed by atoms with Crippen LogP contribution >= 0.6 is 0 Å². The van der Waals surface area contributed by atoms with Crippen molar-refractivity contribution >= 4 is 11.8 Å². The Hall–Kier alpha value is -2.63. The quantitative estimate of drug-likeness (QED) is 0.906. The van der Waals surface area contributed by atoms with Gasteiger partial charge in [-0.2, -0.15) is 5.10 Å². The third kappa shape index (κ3) is 3.32. The number of nitrogens with one attached hydrogen (secondary N) is 1. The van der Waals surface area contributed by atoms with E-state index >= 15 is 0 Å². The number of rotatable bonds is 5. The molecule has 1 N–H and O–H groups in total. The zero-order valence-electron chi connectivity index (χ0n) is 14.0. The van der Waals surface area contributed by atoms with Crippen molar-refractivity contribution in [3.8, 4) is 0 Å². The van der Waals surface area contributed by atoms with Crippen LogP contribution in [0.2, 0.25) is 0 Å². The van der Waals surface area contributed by atoms with E-state index in [9.17, 15) is 9.59 Å². The van der Waals surface area contributed by atoms with Crippen LogP contribution in [0.1, 0.15) is 35.1 Å². The number of aryl methyl sites for hydroxylation is 2. The molecule has 1 saturated heterocycles. The van der Waals surface area contributed by atoms with E-state index in [1.165, 1.54) is 0 Å². The Morgan fingerprint density at radius 1 is 1.33 bits per heavy atom. The molecule has 24 heavy (non-hydrogen) atoms. The molecular weight excluding hydrogens is 304 g/mol. The van der Waals surface area contributed by atoms with Crippen LogP contribution in [-0.2, 0) is 24.8 Å². The number of benzene rings is 1. The van der Waals surface area contributed by atoms with E-state index < -0.39 is 6.04 Å². The van der Waals surface area contributed by atoms with Crippen LogP contribution in [0.15, 0.2) is 36.4 Å². The first-order chi connectivity index (χ1) is 11.6. The van der Waals surface area contributed by atoms with Gasteiger partial charge in [-0.1, -0.05) is 37.3 Å². The summed E-state index contributed by atoms with van der Waals surface area (Å²) in [6.45, 7) is 3.23. The lowest BCUT2D eigenvalue weighted by molar-refractivity contribution is -0.129. The number of aromatic nitrogens is 2. The van der Waals surface area contributed by atoms with E-state index in [0.717, 1.165) is 17.7 Å². The van der Waals surface area contributed by atoms with Gasteiger partial charge in [0, 0.05) is 20.1 Å². The van der Waals surface area contributed by atoms with Gasteiger partial charge in [0.1, 0.15) is 11.7 Å². The Labute approximate surface area is 141 Å². The third-order valence-corrected chi connectivity index (χ3v) is 4.34. The number of carbonyl (C=O) groups is 2. The lowest BCUT2D eigenvalue weighted by Crippen LogP contribution is -2.41. The molecule has 1 atom stereocenters. The highest BCUT2D eigenvalue weighted by Crippen LogP contribution is 2.16. The van der Waals surface area contributed by atoms with E-state index in [2.05, 4.69) is 10.4 Å². The highest BCUT2D eigenvalue weighted by molar-refractivity contribution is 5.97. The van der Waals surface area contributed by atoms with Crippen LogP contribution in [0.3, 0.4) is 0 Å². The minimum absolute atomic E-state index is 0.0231. The summed E-state index contributed by atoms with van der Waals surface area (Å²) in [5.41, 5.74) is 2.45. The van der Waals surface area contributed by atoms with Gasteiger partial charge in [0.2, 0.25) is 5.91 Å². The standard InChI is InChI=1S/C18H22N4O2/c1-3-14-11-16(21(2)20-14)17(23)19-15-9-10-22(18(15)24)12-13-7-5-4-6-8-13/h4-8,11,15H,3,9-10,12H2,1-2H3,(H,19,23). The molecule has 2 aromatic rings. The molecule has 1 aliphatic rings. The molecule has 0 saturated carbocycles. The molecule has 0 aliphatic carbocycles. The molecule has 6 heteroatoms. The van der Waals surface area contributed by atoms with E-state index in [4.69, 9.17) is 0 Å². The molecule has 0 spiro atoms. The van der Waals surface area contributed by atoms with Crippen LogP contribution < -0.4 is 5.32 Å². The highest BCUT2D eigenvalue weighted by atomic mass is 16.2. The van der Waals surface area contributed by atoms with Crippen LogP contribution in [-0.4, -0.2) is 39.1 Å². The lowest BCUT2D eigenvalue weighted by Gasteiger charge is -2.17. The second-order valence-corrected chi connectivity index (χ2v) is 6.06. The van der Waals surface area contributed by atoms with Crippen molar-refractivity contribution in [2.75, 3.05) is 6.54 Å². The average Bonchev–Trinajstić information content (AvgIpc) is 3.13. The van der Waals surface area contributed by atoms with Gasteiger partial charge in [-0.05, 0) is 24.5 Å². The fourth-order valence-electron chi connectivity index (χ4n) is 2.98. The number of amides is 2. The summed E-state index contributed by atoms with van der Waals surface area (Å²) < 4.78 is 1.56. The molecule has 6 nitrogen and oxygen atoms in total. The summed E-state index contributed by atoms with van der Waals surface area (Å²) >= 11 is 0. The molecule has 1 fully saturated rings. The Morgan fingerprint density at radius 2 is 2.08 bits per heavy atom. The monoisotopic (exact) mass is 326 g/mol. The zero-order chi connectivity index (χ0) is 17.1. The average molecular weight is 326 g/mol. The second kappa shape index (κ2) is 6.86. The summed E-state index contributed by atoms with van der Waals surface area (Å²) in [4.78, 5) is 26.7. The number of hydrogen-bond acceptors (Lipinski definition) is 3. The smallest absolute Gasteiger partial charge is 0.270 e. The molecule has 0 radical (unpaired) electrons. The van der Waals surface area contributed by atoms with Crippen LogP contribution in [0, 0.1) is 0 Å². The van der Waals surface area contributed by atoms with E-state index in [1.807, 2.05) is 37.3 Å². The van der Waals surface area contributed by atoms with Gasteiger partial charge in [0.25, 0.3) is 5.91 Å². The summed E-state index contributed by atoms with van der Waals surface area (Å²) in [5.74, 6) is -0.269. The summed E-state index contributed by atoms with van der Waals surface area (Å²) in [5, 5.41) is 7.12. The third-order valence-electron chi connectivity index (χ3n) is 4.34. The van der Waals surface area contributed by atoms with Crippen LogP contribution in [0.4, 0.5) is 0 Å². The van der Waals surface area contributed by atoms with Gasteiger partial charge in [-0.15, -0.1) is 0 Å². The molecule has 1 aromatic carbocycles. The zero-order valence-corrected chi connectivity index (χ0v) is 14.0. The number of carbonyl (C=O) groups excluding carboxylic acids is 2. The largest absolute Gasteiger partial charge is 0.339 e. The molecule has 2 amide bonds. The minimum Gasteiger partial charge on any atom is -0.339 e. The molecular formula is C18H22N4O2. The van der Waals surface area contributed by atoms with Crippen LogP contribution in [0.25, 0.3) is 0 Å². The first kappa shape index (κ1) is 16.2. The summed E-state index contributed by atoms with van der Waals surface area (Å²) in [6.07, 6.45) is 1.41. The number of likely N-dealkylation sites (tertiary alicyclic amines) is 1. The number of nitrogens with zero attached hydrogens (tertiary/aromatic N) is 3. The maximum Gasteiger partial charge on any atom is 0.270 e. The predicted molar refractivity (Wildman–Crippen MR) is 90.3 cm³/mol. The normalized spacial score (nSPS) is 17.3. The van der Waals surface area contributed by atoms with Gasteiger partial charge < -0.3 is 10.2 Å². The molecule has 126 valence electrons. The molecule has 3 rings (SSSR count). The molecule has 2 heterocycles. The van der Waals surface area contributed by atoms with Crippen molar-refractivity contribution in [3.05, 3.63) is 53.3 Å². The van der Waals surface area contributed by atoms with Gasteiger partial charge in [-0.25, -0.2) is 0 Å². The maximum absolute atomic E-state index is 12.5. The topological polar surface area (TPSA) is 67.2 Å². The minimum atomic E-state index is -0.457. The Kier molecular flexibility index (Phi) is 4.64. The van der Waals surface area contributed by atoms with Crippen molar-refractivity contribution in [2.24, 2.45) is 7.05 Å². The first-order valence-electron chi connectivity index (χ1n) is 8.25. The van der Waals surface area contributed by atoms with E-state index in [1.54, 1.807) is 22.7 Å². The van der Waals surface area contributed by atoms with Crippen molar-refractivity contribution < 1.29 is 9.59 Å². The lowest BCUT2D eigenvalue weighted by atomic mass is 10.2. The summed E-state index contributed by atoms with van der Waals surface area (Å²) in [7, 11) is 1.74. The van der Waals surface area contributed by atoms with Crippen molar-refractivity contribution in [1.82, 2.24) is 20.0 Å². The molecule has 1 unspecified atom stereocenters. The van der Waals surface area contributed by atoms with Crippen molar-refractivity contribution in [1.29, 1.82) is 0 Å². The Morgan fingerprint density at radius 3 is 2.75 bits per heavy atom. The van der Waals surface area contributed by atoms with E-state index in [-0.39, 0.29) is 11.8 Å².